The number of ketones is 1. The van der Waals surface area contributed by atoms with Gasteiger partial charge in [-0.05, 0) is 56.1 Å². The van der Waals surface area contributed by atoms with Gasteiger partial charge in [0, 0.05) is 13.2 Å². The summed E-state index contributed by atoms with van der Waals surface area (Å²) >= 11 is 0. The van der Waals surface area contributed by atoms with Crippen molar-refractivity contribution in [1.82, 2.24) is 4.90 Å². The molecule has 174 valence electrons. The molecule has 0 N–H and O–H groups in total. The Kier molecular flexibility index (Phi) is 6.49. The first-order valence-electron chi connectivity index (χ1n) is 12.2. The second kappa shape index (κ2) is 9.01. The topological polar surface area (TPSA) is 55.8 Å². The lowest BCUT2D eigenvalue weighted by Gasteiger charge is -2.35. The number of benzene rings is 1. The average molecular weight is 440 g/mol. The van der Waals surface area contributed by atoms with E-state index in [0.29, 0.717) is 24.5 Å². The summed E-state index contributed by atoms with van der Waals surface area (Å²) in [7, 11) is 0. The van der Waals surface area contributed by atoms with Crippen molar-refractivity contribution >= 4 is 11.7 Å². The van der Waals surface area contributed by atoms with E-state index in [1.165, 1.54) is 5.56 Å². The highest BCUT2D eigenvalue weighted by molar-refractivity contribution is 6.11. The zero-order valence-corrected chi connectivity index (χ0v) is 20.1. The smallest absolute Gasteiger partial charge is 0.290 e. The van der Waals surface area contributed by atoms with Crippen LogP contribution >= 0.6 is 0 Å². The van der Waals surface area contributed by atoms with Crippen molar-refractivity contribution in [2.75, 3.05) is 13.2 Å². The number of carbonyl (C=O) groups excluding carboxylic acids is 2. The maximum absolute atomic E-state index is 13.6. The number of amides is 1. The van der Waals surface area contributed by atoms with Crippen molar-refractivity contribution in [2.24, 2.45) is 5.92 Å². The van der Waals surface area contributed by atoms with E-state index >= 15 is 0 Å². The number of carbonyl (C=O) groups is 2. The first-order chi connectivity index (χ1) is 15.2. The molecule has 32 heavy (non-hydrogen) atoms. The molecule has 0 bridgehead atoms. The third-order valence-electron chi connectivity index (χ3n) is 6.95. The van der Waals surface area contributed by atoms with E-state index in [2.05, 4.69) is 45.0 Å². The standard InChI is InChI=1S/C27H37NO4/c1-17(2)31-16-8-15-28-23(18-11-13-19(14-12-18)27(3,4)5)22-24(29)20-9-6-7-10-21(20)32-25(22)26(28)30/h11-14,17,20-21,23H,6-10,15-16H2,1-5H3. The normalized spacial score (nSPS) is 25.8. The monoisotopic (exact) mass is 439 g/mol. The zero-order valence-electron chi connectivity index (χ0n) is 20.1. The molecule has 1 saturated carbocycles. The van der Waals surface area contributed by atoms with Gasteiger partial charge in [0.15, 0.2) is 11.5 Å². The lowest BCUT2D eigenvalue weighted by molar-refractivity contribution is -0.135. The van der Waals surface area contributed by atoms with Gasteiger partial charge in [0.25, 0.3) is 5.91 Å². The number of nitrogens with zero attached hydrogens (tertiary/aromatic N) is 1. The van der Waals surface area contributed by atoms with E-state index in [0.717, 1.165) is 37.7 Å². The largest absolute Gasteiger partial charge is 0.483 e. The molecule has 0 aromatic heterocycles. The van der Waals surface area contributed by atoms with Crippen LogP contribution in [0.2, 0.25) is 0 Å². The van der Waals surface area contributed by atoms with Crippen molar-refractivity contribution in [3.05, 3.63) is 46.7 Å². The Hall–Kier alpha value is -2.14. The van der Waals surface area contributed by atoms with Gasteiger partial charge in [-0.2, -0.15) is 0 Å². The quantitative estimate of drug-likeness (QED) is 0.579. The zero-order chi connectivity index (χ0) is 23.0. The fourth-order valence-corrected chi connectivity index (χ4v) is 5.19. The summed E-state index contributed by atoms with van der Waals surface area (Å²) in [5, 5.41) is 0. The van der Waals surface area contributed by atoms with E-state index in [-0.39, 0.29) is 41.3 Å². The minimum absolute atomic E-state index is 0.0431. The molecule has 1 aromatic rings. The fraction of sp³-hybridized carbons (Fsp3) is 0.630. The van der Waals surface area contributed by atoms with Crippen LogP contribution in [0.1, 0.15) is 83.9 Å². The molecule has 5 nitrogen and oxygen atoms in total. The Morgan fingerprint density at radius 1 is 1.09 bits per heavy atom. The molecular weight excluding hydrogens is 402 g/mol. The van der Waals surface area contributed by atoms with Gasteiger partial charge in [0.05, 0.1) is 23.6 Å². The van der Waals surface area contributed by atoms with E-state index in [9.17, 15) is 9.59 Å². The van der Waals surface area contributed by atoms with Crippen LogP contribution in [0.15, 0.2) is 35.6 Å². The van der Waals surface area contributed by atoms with Gasteiger partial charge < -0.3 is 14.4 Å². The minimum atomic E-state index is -0.374. The van der Waals surface area contributed by atoms with Gasteiger partial charge in [-0.3, -0.25) is 9.59 Å². The van der Waals surface area contributed by atoms with Gasteiger partial charge in [-0.15, -0.1) is 0 Å². The second-order valence-electron chi connectivity index (χ2n) is 10.7. The van der Waals surface area contributed by atoms with E-state index in [1.807, 2.05) is 18.7 Å². The van der Waals surface area contributed by atoms with Crippen LogP contribution in [0, 0.1) is 5.92 Å². The molecular formula is C27H37NO4. The third-order valence-corrected chi connectivity index (χ3v) is 6.95. The lowest BCUT2D eigenvalue weighted by atomic mass is 9.77. The Morgan fingerprint density at radius 3 is 2.44 bits per heavy atom. The number of hydrogen-bond donors (Lipinski definition) is 0. The summed E-state index contributed by atoms with van der Waals surface area (Å²) in [6, 6.07) is 8.02. The first kappa shape index (κ1) is 23.0. The summed E-state index contributed by atoms with van der Waals surface area (Å²) in [4.78, 5) is 28.9. The van der Waals surface area contributed by atoms with Gasteiger partial charge in [-0.25, -0.2) is 0 Å². The number of ether oxygens (including phenoxy) is 2. The Morgan fingerprint density at radius 2 is 1.78 bits per heavy atom. The van der Waals surface area contributed by atoms with Crippen molar-refractivity contribution in [3.8, 4) is 0 Å². The third kappa shape index (κ3) is 4.36. The SMILES string of the molecule is CC(C)OCCCN1C(=O)C2=C(C(=O)C3CCCCC3O2)C1c1ccc(C(C)(C)C)cc1. The number of hydrogen-bond acceptors (Lipinski definition) is 4. The van der Waals surface area contributed by atoms with Gasteiger partial charge in [-0.1, -0.05) is 51.5 Å². The number of rotatable bonds is 6. The van der Waals surface area contributed by atoms with Crippen molar-refractivity contribution in [2.45, 2.75) is 90.4 Å². The lowest BCUT2D eigenvalue weighted by Crippen LogP contribution is -2.39. The van der Waals surface area contributed by atoms with E-state index < -0.39 is 0 Å². The molecule has 1 fully saturated rings. The Balaban J connectivity index is 1.67. The highest BCUT2D eigenvalue weighted by atomic mass is 16.5. The molecule has 1 amide bonds. The van der Waals surface area contributed by atoms with Crippen molar-refractivity contribution in [1.29, 1.82) is 0 Å². The van der Waals surface area contributed by atoms with Crippen LogP contribution in [0.5, 0.6) is 0 Å². The molecule has 4 rings (SSSR count). The van der Waals surface area contributed by atoms with Gasteiger partial charge in [0.2, 0.25) is 0 Å². The van der Waals surface area contributed by atoms with Crippen LogP contribution in [-0.4, -0.2) is 41.9 Å². The highest BCUT2D eigenvalue weighted by Gasteiger charge is 2.51. The minimum Gasteiger partial charge on any atom is -0.483 e. The molecule has 1 aliphatic carbocycles. The van der Waals surface area contributed by atoms with Crippen LogP contribution < -0.4 is 0 Å². The number of fused-ring (bicyclic) bond motifs is 1. The fourth-order valence-electron chi connectivity index (χ4n) is 5.19. The predicted octanol–water partition coefficient (Wildman–Crippen LogP) is 5.09. The molecule has 2 aliphatic heterocycles. The maximum atomic E-state index is 13.6. The molecule has 2 heterocycles. The van der Waals surface area contributed by atoms with Crippen molar-refractivity contribution < 1.29 is 19.1 Å². The summed E-state index contributed by atoms with van der Waals surface area (Å²) in [5.74, 6) is 0.158. The Bertz CT molecular complexity index is 893. The van der Waals surface area contributed by atoms with Crippen molar-refractivity contribution in [3.63, 3.8) is 0 Å². The van der Waals surface area contributed by atoms with Crippen LogP contribution in [0.3, 0.4) is 0 Å². The second-order valence-corrected chi connectivity index (χ2v) is 10.7. The first-order valence-corrected chi connectivity index (χ1v) is 12.2. The molecule has 0 radical (unpaired) electrons. The predicted molar refractivity (Wildman–Crippen MR) is 124 cm³/mol. The summed E-state index contributed by atoms with van der Waals surface area (Å²) in [6.07, 6.45) is 4.55. The molecule has 5 heteroatoms. The molecule has 0 spiro atoms. The van der Waals surface area contributed by atoms with Crippen LogP contribution in [0.4, 0.5) is 0 Å². The van der Waals surface area contributed by atoms with E-state index in [4.69, 9.17) is 9.47 Å². The van der Waals surface area contributed by atoms with Crippen LogP contribution in [-0.2, 0) is 24.5 Å². The molecule has 3 atom stereocenters. The summed E-state index contributed by atoms with van der Waals surface area (Å²) in [5.41, 5.74) is 2.83. The highest BCUT2D eigenvalue weighted by Crippen LogP contribution is 2.46. The maximum Gasteiger partial charge on any atom is 0.290 e. The van der Waals surface area contributed by atoms with Gasteiger partial charge in [0.1, 0.15) is 6.10 Å². The Labute approximate surface area is 192 Å². The molecule has 3 unspecified atom stereocenters. The molecule has 1 aromatic carbocycles. The molecule has 3 aliphatic rings. The summed E-state index contributed by atoms with van der Waals surface area (Å²) in [6.45, 7) is 11.7. The van der Waals surface area contributed by atoms with Gasteiger partial charge >= 0.3 is 0 Å². The number of Topliss-reactive ketones (excluding diaryl/α,β-unsaturated/α-hetero) is 1. The van der Waals surface area contributed by atoms with Crippen LogP contribution in [0.25, 0.3) is 0 Å². The van der Waals surface area contributed by atoms with E-state index in [1.54, 1.807) is 0 Å². The summed E-state index contributed by atoms with van der Waals surface area (Å²) < 4.78 is 11.9. The molecule has 0 saturated heterocycles. The average Bonchev–Trinajstić information content (AvgIpc) is 3.03.